The zero-order chi connectivity index (χ0) is 22.7. The van der Waals surface area contributed by atoms with Crippen LogP contribution < -0.4 is 9.64 Å². The van der Waals surface area contributed by atoms with Crippen LogP contribution in [0.5, 0.6) is 5.75 Å². The van der Waals surface area contributed by atoms with Gasteiger partial charge < -0.3 is 14.5 Å². The Kier molecular flexibility index (Phi) is 4.46. The summed E-state index contributed by atoms with van der Waals surface area (Å²) in [5, 5.41) is 0. The monoisotopic (exact) mass is 438 g/mol. The minimum atomic E-state index is -0.0717. The fourth-order valence-electron chi connectivity index (χ4n) is 5.83. The summed E-state index contributed by atoms with van der Waals surface area (Å²) in [5.74, 6) is 0.772. The molecule has 0 aromatic heterocycles. The van der Waals surface area contributed by atoms with E-state index in [1.165, 1.54) is 5.56 Å². The first-order chi connectivity index (χ1) is 16.0. The van der Waals surface area contributed by atoms with Crippen molar-refractivity contribution in [2.75, 3.05) is 38.7 Å². The van der Waals surface area contributed by atoms with E-state index in [4.69, 9.17) is 4.74 Å². The standard InChI is InChI=1S/C28H26N2O3/c1-29-14-12-28(13-15-29)17-30(24-11-10-18(33-2)16-23(24)28)27(32)22-9-5-8-21-25(22)19-6-3-4-7-20(19)26(21)31/h3-11,16H,12-15,17H2,1-2H3. The van der Waals surface area contributed by atoms with E-state index in [2.05, 4.69) is 18.0 Å². The van der Waals surface area contributed by atoms with Gasteiger partial charge in [0.15, 0.2) is 5.78 Å². The number of nitrogens with zero attached hydrogens (tertiary/aromatic N) is 2. The molecule has 1 aliphatic carbocycles. The summed E-state index contributed by atoms with van der Waals surface area (Å²) in [5.41, 5.74) is 5.59. The zero-order valence-corrected chi connectivity index (χ0v) is 18.9. The van der Waals surface area contributed by atoms with Gasteiger partial charge in [-0.2, -0.15) is 0 Å². The highest BCUT2D eigenvalue weighted by Crippen LogP contribution is 2.49. The van der Waals surface area contributed by atoms with Gasteiger partial charge in [0.05, 0.1) is 7.11 Å². The van der Waals surface area contributed by atoms with Crippen molar-refractivity contribution in [3.8, 4) is 16.9 Å². The highest BCUT2D eigenvalue weighted by Gasteiger charge is 2.47. The van der Waals surface area contributed by atoms with E-state index in [0.717, 1.165) is 48.5 Å². The van der Waals surface area contributed by atoms with Crippen LogP contribution in [-0.2, 0) is 5.41 Å². The van der Waals surface area contributed by atoms with Crippen molar-refractivity contribution in [2.45, 2.75) is 18.3 Å². The number of rotatable bonds is 2. The van der Waals surface area contributed by atoms with Crippen LogP contribution in [0.4, 0.5) is 5.69 Å². The number of hydrogen-bond acceptors (Lipinski definition) is 4. The molecule has 5 heteroatoms. The molecule has 0 bridgehead atoms. The van der Waals surface area contributed by atoms with Crippen molar-refractivity contribution in [3.05, 3.63) is 82.9 Å². The lowest BCUT2D eigenvalue weighted by molar-refractivity contribution is 0.0979. The number of benzene rings is 3. The van der Waals surface area contributed by atoms with Crippen LogP contribution in [0.2, 0.25) is 0 Å². The Hall–Kier alpha value is -3.44. The second kappa shape index (κ2) is 7.29. The SMILES string of the molecule is COc1ccc2c(c1)C1(CCN(C)CC1)CN2C(=O)c1cccc2c1-c1ccccc1C2=O. The normalized spacial score (nSPS) is 18.2. The smallest absolute Gasteiger partial charge is 0.258 e. The Morgan fingerprint density at radius 2 is 1.67 bits per heavy atom. The van der Waals surface area contributed by atoms with Gasteiger partial charge in [-0.15, -0.1) is 0 Å². The maximum absolute atomic E-state index is 14.1. The van der Waals surface area contributed by atoms with Crippen LogP contribution in [0.15, 0.2) is 60.7 Å². The molecule has 1 fully saturated rings. The summed E-state index contributed by atoms with van der Waals surface area (Å²) in [6, 6.07) is 19.2. The van der Waals surface area contributed by atoms with Crippen LogP contribution in [0.1, 0.15) is 44.7 Å². The van der Waals surface area contributed by atoms with Crippen molar-refractivity contribution >= 4 is 17.4 Å². The first-order valence-electron chi connectivity index (χ1n) is 11.5. The molecule has 1 amide bonds. The molecular weight excluding hydrogens is 412 g/mol. The number of likely N-dealkylation sites (tertiary alicyclic amines) is 1. The molecule has 3 aromatic carbocycles. The van der Waals surface area contributed by atoms with Gasteiger partial charge in [-0.1, -0.05) is 36.4 Å². The third kappa shape index (κ3) is 2.89. The molecule has 0 radical (unpaired) electrons. The van der Waals surface area contributed by atoms with Crippen LogP contribution in [0.3, 0.4) is 0 Å². The number of piperidine rings is 1. The molecule has 2 heterocycles. The number of ether oxygens (including phenoxy) is 1. The average molecular weight is 439 g/mol. The van der Waals surface area contributed by atoms with Gasteiger partial charge in [0.2, 0.25) is 0 Å². The van der Waals surface area contributed by atoms with Gasteiger partial charge >= 0.3 is 0 Å². The average Bonchev–Trinajstić information content (AvgIpc) is 3.33. The van der Waals surface area contributed by atoms with Gasteiger partial charge in [0, 0.05) is 39.9 Å². The molecule has 166 valence electrons. The van der Waals surface area contributed by atoms with Crippen LogP contribution in [0, 0.1) is 0 Å². The second-order valence-corrected chi connectivity index (χ2v) is 9.46. The fraction of sp³-hybridized carbons (Fsp3) is 0.286. The minimum Gasteiger partial charge on any atom is -0.497 e. The Morgan fingerprint density at radius 3 is 2.42 bits per heavy atom. The van der Waals surface area contributed by atoms with Gasteiger partial charge in [-0.3, -0.25) is 9.59 Å². The third-order valence-electron chi connectivity index (χ3n) is 7.70. The van der Waals surface area contributed by atoms with E-state index in [0.29, 0.717) is 23.2 Å². The quantitative estimate of drug-likeness (QED) is 0.461. The predicted octanol–water partition coefficient (Wildman–Crippen LogP) is 4.53. The third-order valence-corrected chi connectivity index (χ3v) is 7.70. The molecule has 1 saturated heterocycles. The first kappa shape index (κ1) is 20.2. The highest BCUT2D eigenvalue weighted by molar-refractivity contribution is 6.25. The van der Waals surface area contributed by atoms with E-state index in [1.807, 2.05) is 59.5 Å². The van der Waals surface area contributed by atoms with Crippen LogP contribution in [-0.4, -0.2) is 50.4 Å². The van der Waals surface area contributed by atoms with E-state index in [1.54, 1.807) is 7.11 Å². The molecule has 5 nitrogen and oxygen atoms in total. The Balaban J connectivity index is 1.47. The maximum atomic E-state index is 14.1. The predicted molar refractivity (Wildman–Crippen MR) is 128 cm³/mol. The Bertz CT molecular complexity index is 1300. The van der Waals surface area contributed by atoms with Crippen LogP contribution in [0.25, 0.3) is 11.1 Å². The van der Waals surface area contributed by atoms with Crippen molar-refractivity contribution < 1.29 is 14.3 Å². The lowest BCUT2D eigenvalue weighted by Gasteiger charge is -2.38. The highest BCUT2D eigenvalue weighted by atomic mass is 16.5. The lowest BCUT2D eigenvalue weighted by atomic mass is 9.74. The number of anilines is 1. The van der Waals surface area contributed by atoms with Crippen molar-refractivity contribution in [3.63, 3.8) is 0 Å². The maximum Gasteiger partial charge on any atom is 0.258 e. The number of methoxy groups -OCH3 is 1. The second-order valence-electron chi connectivity index (χ2n) is 9.46. The minimum absolute atomic E-state index is 0.00593. The molecule has 1 spiro atoms. The zero-order valence-electron chi connectivity index (χ0n) is 18.9. The van der Waals surface area contributed by atoms with Crippen LogP contribution >= 0.6 is 0 Å². The van der Waals surface area contributed by atoms with Gasteiger partial charge in [0.25, 0.3) is 5.91 Å². The molecule has 0 saturated carbocycles. The summed E-state index contributed by atoms with van der Waals surface area (Å²) in [6.07, 6.45) is 2.00. The Morgan fingerprint density at radius 1 is 0.939 bits per heavy atom. The number of ketones is 1. The molecule has 0 unspecified atom stereocenters. The molecule has 6 rings (SSSR count). The summed E-state index contributed by atoms with van der Waals surface area (Å²) in [4.78, 5) is 31.4. The lowest BCUT2D eigenvalue weighted by Crippen LogP contribution is -2.45. The summed E-state index contributed by atoms with van der Waals surface area (Å²) in [6.45, 7) is 2.66. The van der Waals surface area contributed by atoms with Crippen molar-refractivity contribution in [1.82, 2.24) is 4.90 Å². The van der Waals surface area contributed by atoms with E-state index in [9.17, 15) is 9.59 Å². The molecule has 2 aliphatic heterocycles. The molecule has 0 N–H and O–H groups in total. The number of carbonyl (C=O) groups is 2. The number of amides is 1. The largest absolute Gasteiger partial charge is 0.497 e. The number of carbonyl (C=O) groups excluding carboxylic acids is 2. The number of hydrogen-bond donors (Lipinski definition) is 0. The molecule has 0 atom stereocenters. The molecule has 3 aromatic rings. The van der Waals surface area contributed by atoms with E-state index in [-0.39, 0.29) is 17.1 Å². The molecule has 33 heavy (non-hydrogen) atoms. The van der Waals surface area contributed by atoms with Gasteiger partial charge in [-0.05, 0) is 68.4 Å². The van der Waals surface area contributed by atoms with Crippen molar-refractivity contribution in [2.24, 2.45) is 0 Å². The topological polar surface area (TPSA) is 49.9 Å². The molecule has 3 aliphatic rings. The first-order valence-corrected chi connectivity index (χ1v) is 11.5. The fourth-order valence-corrected chi connectivity index (χ4v) is 5.83. The Labute approximate surface area is 193 Å². The van der Waals surface area contributed by atoms with Gasteiger partial charge in [-0.25, -0.2) is 0 Å². The van der Waals surface area contributed by atoms with E-state index >= 15 is 0 Å². The summed E-state index contributed by atoms with van der Waals surface area (Å²) < 4.78 is 5.53. The van der Waals surface area contributed by atoms with Gasteiger partial charge in [0.1, 0.15) is 5.75 Å². The van der Waals surface area contributed by atoms with E-state index < -0.39 is 0 Å². The van der Waals surface area contributed by atoms with Crippen molar-refractivity contribution in [1.29, 1.82) is 0 Å². The molecular formula is C28H26N2O3. The number of fused-ring (bicyclic) bond motifs is 5. The summed E-state index contributed by atoms with van der Waals surface area (Å²) in [7, 11) is 3.83. The summed E-state index contributed by atoms with van der Waals surface area (Å²) >= 11 is 0.